The Morgan fingerprint density at radius 1 is 1.45 bits per heavy atom. The van der Waals surface area contributed by atoms with Crippen LogP contribution in [0.5, 0.6) is 0 Å². The number of nitrogens with one attached hydrogen (secondary N) is 1. The molecule has 0 saturated carbocycles. The van der Waals surface area contributed by atoms with Crippen molar-refractivity contribution in [3.8, 4) is 0 Å². The number of carbonyl (C=O) groups is 1. The van der Waals surface area contributed by atoms with E-state index in [2.05, 4.69) is 22.3 Å². The summed E-state index contributed by atoms with van der Waals surface area (Å²) in [5.41, 5.74) is 7.71. The van der Waals surface area contributed by atoms with Gasteiger partial charge in [0.15, 0.2) is 0 Å². The fourth-order valence-electron chi connectivity index (χ4n) is 2.65. The van der Waals surface area contributed by atoms with Gasteiger partial charge in [-0.3, -0.25) is 9.69 Å². The van der Waals surface area contributed by atoms with Crippen molar-refractivity contribution in [1.29, 1.82) is 0 Å². The molecule has 20 heavy (non-hydrogen) atoms. The molecule has 1 unspecified atom stereocenters. The monoisotopic (exact) mass is 291 g/mol. The Balaban J connectivity index is 1.95. The SMILES string of the molecule is CNC(=O)C1CCCN(Cc2ccc(C(N)=S)cc2)C1. The maximum absolute atomic E-state index is 11.7. The molecule has 3 N–H and O–H groups in total. The van der Waals surface area contributed by atoms with Crippen LogP contribution in [0.3, 0.4) is 0 Å². The number of thiocarbonyl (C=S) groups is 1. The van der Waals surface area contributed by atoms with Crippen molar-refractivity contribution in [3.63, 3.8) is 0 Å². The molecular weight excluding hydrogens is 270 g/mol. The lowest BCUT2D eigenvalue weighted by Crippen LogP contribution is -2.41. The molecule has 0 aliphatic carbocycles. The van der Waals surface area contributed by atoms with Crippen LogP contribution < -0.4 is 11.1 Å². The van der Waals surface area contributed by atoms with Gasteiger partial charge in [-0.2, -0.15) is 0 Å². The van der Waals surface area contributed by atoms with E-state index >= 15 is 0 Å². The highest BCUT2D eigenvalue weighted by Crippen LogP contribution is 2.19. The lowest BCUT2D eigenvalue weighted by atomic mass is 9.96. The third-order valence-electron chi connectivity index (χ3n) is 3.77. The van der Waals surface area contributed by atoms with Gasteiger partial charge >= 0.3 is 0 Å². The third kappa shape index (κ3) is 3.77. The predicted molar refractivity (Wildman–Crippen MR) is 84.4 cm³/mol. The van der Waals surface area contributed by atoms with Gasteiger partial charge in [-0.05, 0) is 24.9 Å². The van der Waals surface area contributed by atoms with Crippen molar-refractivity contribution < 1.29 is 4.79 Å². The molecule has 0 spiro atoms. The zero-order chi connectivity index (χ0) is 14.5. The molecule has 1 atom stereocenters. The summed E-state index contributed by atoms with van der Waals surface area (Å²) in [5, 5.41) is 2.75. The standard InChI is InChI=1S/C15H21N3OS/c1-17-15(19)13-3-2-8-18(10-13)9-11-4-6-12(7-5-11)14(16)20/h4-7,13H,2-3,8-10H2,1H3,(H2,16,20)(H,17,19). The van der Waals surface area contributed by atoms with Crippen LogP contribution >= 0.6 is 12.2 Å². The molecule has 2 rings (SSSR count). The molecule has 0 aromatic heterocycles. The number of piperidine rings is 1. The Bertz CT molecular complexity index is 486. The van der Waals surface area contributed by atoms with E-state index in [1.807, 2.05) is 12.1 Å². The molecule has 0 bridgehead atoms. The van der Waals surface area contributed by atoms with E-state index < -0.39 is 0 Å². The normalized spacial score (nSPS) is 19.6. The highest BCUT2D eigenvalue weighted by atomic mass is 32.1. The number of hydrogen-bond acceptors (Lipinski definition) is 3. The Hall–Kier alpha value is -1.46. The Kier molecular flexibility index (Phi) is 5.09. The average molecular weight is 291 g/mol. The van der Waals surface area contributed by atoms with Gasteiger partial charge in [-0.1, -0.05) is 36.5 Å². The van der Waals surface area contributed by atoms with Gasteiger partial charge in [-0.15, -0.1) is 0 Å². The smallest absolute Gasteiger partial charge is 0.224 e. The van der Waals surface area contributed by atoms with Crippen molar-refractivity contribution in [2.45, 2.75) is 19.4 Å². The van der Waals surface area contributed by atoms with Gasteiger partial charge in [0.2, 0.25) is 5.91 Å². The Morgan fingerprint density at radius 3 is 2.75 bits per heavy atom. The molecule has 1 aromatic rings. The first-order valence-electron chi connectivity index (χ1n) is 6.93. The average Bonchev–Trinajstić information content (AvgIpc) is 2.47. The summed E-state index contributed by atoms with van der Waals surface area (Å²) in [6.07, 6.45) is 2.06. The van der Waals surface area contributed by atoms with Crippen LogP contribution in [0.15, 0.2) is 24.3 Å². The minimum absolute atomic E-state index is 0.115. The molecule has 5 heteroatoms. The van der Waals surface area contributed by atoms with Gasteiger partial charge in [0.1, 0.15) is 4.99 Å². The van der Waals surface area contributed by atoms with Crippen LogP contribution in [-0.2, 0) is 11.3 Å². The van der Waals surface area contributed by atoms with E-state index in [0.717, 1.165) is 38.0 Å². The molecule has 1 aromatic carbocycles. The summed E-state index contributed by atoms with van der Waals surface area (Å²) in [7, 11) is 1.70. The number of amides is 1. The van der Waals surface area contributed by atoms with Crippen molar-refractivity contribution in [2.24, 2.45) is 11.7 Å². The van der Waals surface area contributed by atoms with Crippen LogP contribution in [0, 0.1) is 5.92 Å². The molecule has 1 amide bonds. The Labute approximate surface area is 125 Å². The molecule has 4 nitrogen and oxygen atoms in total. The van der Waals surface area contributed by atoms with Crippen molar-refractivity contribution in [2.75, 3.05) is 20.1 Å². The van der Waals surface area contributed by atoms with Gasteiger partial charge in [0.25, 0.3) is 0 Å². The molecule has 1 saturated heterocycles. The molecule has 1 heterocycles. The third-order valence-corrected chi connectivity index (χ3v) is 4.00. The minimum Gasteiger partial charge on any atom is -0.389 e. The largest absolute Gasteiger partial charge is 0.389 e. The fraction of sp³-hybridized carbons (Fsp3) is 0.467. The van der Waals surface area contributed by atoms with E-state index in [1.165, 1.54) is 5.56 Å². The maximum Gasteiger partial charge on any atom is 0.224 e. The van der Waals surface area contributed by atoms with Crippen LogP contribution in [0.1, 0.15) is 24.0 Å². The predicted octanol–water partition coefficient (Wildman–Crippen LogP) is 1.28. The molecule has 1 aliphatic rings. The van der Waals surface area contributed by atoms with Crippen LogP contribution in [0.4, 0.5) is 0 Å². The first kappa shape index (κ1) is 14.9. The summed E-state index contributed by atoms with van der Waals surface area (Å²) in [4.78, 5) is 14.5. The summed E-state index contributed by atoms with van der Waals surface area (Å²) in [6.45, 7) is 2.74. The second-order valence-corrected chi connectivity index (χ2v) is 5.69. The lowest BCUT2D eigenvalue weighted by Gasteiger charge is -2.31. The maximum atomic E-state index is 11.7. The van der Waals surface area contributed by atoms with Crippen molar-refractivity contribution >= 4 is 23.1 Å². The lowest BCUT2D eigenvalue weighted by molar-refractivity contribution is -0.126. The first-order valence-corrected chi connectivity index (χ1v) is 7.33. The molecular formula is C15H21N3OS. The molecule has 0 radical (unpaired) electrons. The van der Waals surface area contributed by atoms with Crippen molar-refractivity contribution in [3.05, 3.63) is 35.4 Å². The van der Waals surface area contributed by atoms with E-state index in [-0.39, 0.29) is 11.8 Å². The topological polar surface area (TPSA) is 58.4 Å². The second-order valence-electron chi connectivity index (χ2n) is 5.25. The number of nitrogens with zero attached hydrogens (tertiary/aromatic N) is 1. The molecule has 1 fully saturated rings. The van der Waals surface area contributed by atoms with Gasteiger partial charge in [-0.25, -0.2) is 0 Å². The van der Waals surface area contributed by atoms with Gasteiger partial charge in [0, 0.05) is 25.7 Å². The zero-order valence-corrected chi connectivity index (χ0v) is 12.6. The second kappa shape index (κ2) is 6.81. The number of nitrogens with two attached hydrogens (primary N) is 1. The molecule has 1 aliphatic heterocycles. The zero-order valence-electron chi connectivity index (χ0n) is 11.8. The number of rotatable bonds is 4. The summed E-state index contributed by atoms with van der Waals surface area (Å²) >= 11 is 4.95. The number of carbonyl (C=O) groups excluding carboxylic acids is 1. The van der Waals surface area contributed by atoms with E-state index in [4.69, 9.17) is 18.0 Å². The molecule has 108 valence electrons. The van der Waals surface area contributed by atoms with Gasteiger partial charge < -0.3 is 11.1 Å². The van der Waals surface area contributed by atoms with Crippen LogP contribution in [-0.4, -0.2) is 35.9 Å². The van der Waals surface area contributed by atoms with Crippen molar-refractivity contribution in [1.82, 2.24) is 10.2 Å². The van der Waals surface area contributed by atoms with Crippen LogP contribution in [0.25, 0.3) is 0 Å². The van der Waals surface area contributed by atoms with Crippen LogP contribution in [0.2, 0.25) is 0 Å². The minimum atomic E-state index is 0.115. The fourth-order valence-corrected chi connectivity index (χ4v) is 2.79. The van der Waals surface area contributed by atoms with E-state index in [0.29, 0.717) is 4.99 Å². The first-order chi connectivity index (χ1) is 9.60. The Morgan fingerprint density at radius 2 is 2.15 bits per heavy atom. The van der Waals surface area contributed by atoms with E-state index in [1.54, 1.807) is 7.05 Å². The highest BCUT2D eigenvalue weighted by molar-refractivity contribution is 7.80. The quantitative estimate of drug-likeness (QED) is 0.821. The van der Waals surface area contributed by atoms with Gasteiger partial charge in [0.05, 0.1) is 5.92 Å². The number of benzene rings is 1. The summed E-state index contributed by atoms with van der Waals surface area (Å²) in [5.74, 6) is 0.267. The van der Waals surface area contributed by atoms with E-state index in [9.17, 15) is 4.79 Å². The summed E-state index contributed by atoms with van der Waals surface area (Å²) < 4.78 is 0. The number of hydrogen-bond donors (Lipinski definition) is 2. The number of likely N-dealkylation sites (tertiary alicyclic amines) is 1. The summed E-state index contributed by atoms with van der Waals surface area (Å²) in [6, 6.07) is 8.02. The highest BCUT2D eigenvalue weighted by Gasteiger charge is 2.24.